The van der Waals surface area contributed by atoms with E-state index in [9.17, 15) is 0 Å². The van der Waals surface area contributed by atoms with Gasteiger partial charge in [0.05, 0.1) is 12.7 Å². The fraction of sp³-hybridized carbons (Fsp3) is 0.417. The molecule has 1 saturated carbocycles. The van der Waals surface area contributed by atoms with Crippen molar-refractivity contribution in [3.8, 4) is 0 Å². The van der Waals surface area contributed by atoms with Crippen molar-refractivity contribution < 1.29 is 4.74 Å². The fourth-order valence-corrected chi connectivity index (χ4v) is 4.04. The first-order valence-electron chi connectivity index (χ1n) is 10.3. The van der Waals surface area contributed by atoms with Gasteiger partial charge in [0.25, 0.3) is 0 Å². The smallest absolute Gasteiger partial charge is 0.1000 e. The number of benzene rings is 2. The third kappa shape index (κ3) is 5.14. The minimum atomic E-state index is 0.142. The van der Waals surface area contributed by atoms with Crippen molar-refractivity contribution in [2.24, 2.45) is 0 Å². The second-order valence-corrected chi connectivity index (χ2v) is 7.68. The first kappa shape index (κ1) is 18.1. The van der Waals surface area contributed by atoms with E-state index in [0.29, 0.717) is 6.04 Å². The standard InChI is InChI=1S/C24H30N2O/c1-3-7-20(8-4-1)15-16-26-17-18-27-24(19-26)21-11-13-23(14-12-21)25-22-9-5-2-6-10-22/h1,3-4,7-8,11-16,22,24-25H,2,5-6,9-10,17-19H2/t24-/m1/s1. The minimum absolute atomic E-state index is 0.142. The molecular weight excluding hydrogens is 332 g/mol. The van der Waals surface area contributed by atoms with Crippen molar-refractivity contribution >= 4 is 11.8 Å². The molecule has 4 rings (SSSR count). The highest BCUT2D eigenvalue weighted by molar-refractivity contribution is 5.48. The van der Waals surface area contributed by atoms with Gasteiger partial charge in [0, 0.05) is 24.8 Å². The third-order valence-electron chi connectivity index (χ3n) is 5.63. The number of ether oxygens (including phenoxy) is 1. The molecule has 27 heavy (non-hydrogen) atoms. The van der Waals surface area contributed by atoms with Gasteiger partial charge in [-0.1, -0.05) is 61.7 Å². The van der Waals surface area contributed by atoms with Gasteiger partial charge in [0.2, 0.25) is 0 Å². The van der Waals surface area contributed by atoms with Crippen molar-refractivity contribution in [1.82, 2.24) is 4.90 Å². The Hall–Kier alpha value is -2.26. The molecule has 0 spiro atoms. The highest BCUT2D eigenvalue weighted by atomic mass is 16.5. The second kappa shape index (κ2) is 9.09. The first-order valence-corrected chi connectivity index (χ1v) is 10.3. The van der Waals surface area contributed by atoms with Crippen LogP contribution in [0.2, 0.25) is 0 Å². The summed E-state index contributed by atoms with van der Waals surface area (Å²) in [4.78, 5) is 2.36. The van der Waals surface area contributed by atoms with E-state index in [4.69, 9.17) is 4.74 Å². The molecule has 2 aromatic carbocycles. The van der Waals surface area contributed by atoms with E-state index in [0.717, 1.165) is 19.7 Å². The number of morpholine rings is 1. The number of hydrogen-bond acceptors (Lipinski definition) is 3. The third-order valence-corrected chi connectivity index (χ3v) is 5.63. The molecule has 1 heterocycles. The largest absolute Gasteiger partial charge is 0.382 e. The molecule has 0 unspecified atom stereocenters. The number of rotatable bonds is 5. The normalized spacial score (nSPS) is 21.5. The summed E-state index contributed by atoms with van der Waals surface area (Å²) >= 11 is 0. The van der Waals surface area contributed by atoms with Crippen molar-refractivity contribution in [1.29, 1.82) is 0 Å². The highest BCUT2D eigenvalue weighted by Gasteiger charge is 2.20. The van der Waals surface area contributed by atoms with Crippen LogP contribution >= 0.6 is 0 Å². The summed E-state index contributed by atoms with van der Waals surface area (Å²) in [7, 11) is 0. The van der Waals surface area contributed by atoms with Crippen LogP contribution in [0, 0.1) is 0 Å². The molecule has 3 heteroatoms. The molecule has 1 N–H and O–H groups in total. The van der Waals surface area contributed by atoms with E-state index in [1.807, 2.05) is 0 Å². The molecule has 0 bridgehead atoms. The maximum atomic E-state index is 6.04. The zero-order chi connectivity index (χ0) is 18.3. The quantitative estimate of drug-likeness (QED) is 0.763. The van der Waals surface area contributed by atoms with Gasteiger partial charge in [-0.3, -0.25) is 0 Å². The topological polar surface area (TPSA) is 24.5 Å². The number of anilines is 1. The molecule has 1 aliphatic carbocycles. The molecule has 0 amide bonds. The van der Waals surface area contributed by atoms with Gasteiger partial charge in [0.1, 0.15) is 0 Å². The Kier molecular flexibility index (Phi) is 6.10. The average molecular weight is 363 g/mol. The predicted octanol–water partition coefficient (Wildman–Crippen LogP) is 5.48. The number of nitrogens with one attached hydrogen (secondary N) is 1. The zero-order valence-electron chi connectivity index (χ0n) is 16.0. The zero-order valence-corrected chi connectivity index (χ0v) is 16.0. The van der Waals surface area contributed by atoms with Gasteiger partial charge < -0.3 is 15.0 Å². The summed E-state index contributed by atoms with van der Waals surface area (Å²) in [6.45, 7) is 2.62. The lowest BCUT2D eigenvalue weighted by Crippen LogP contribution is -2.34. The summed E-state index contributed by atoms with van der Waals surface area (Å²) in [5.41, 5.74) is 3.74. The molecule has 1 atom stereocenters. The predicted molar refractivity (Wildman–Crippen MR) is 113 cm³/mol. The molecule has 2 aromatic rings. The van der Waals surface area contributed by atoms with Crippen LogP contribution in [0.3, 0.4) is 0 Å². The van der Waals surface area contributed by atoms with Crippen LogP contribution in [0.1, 0.15) is 49.3 Å². The Bertz CT molecular complexity index is 720. The van der Waals surface area contributed by atoms with Crippen molar-refractivity contribution in [2.75, 3.05) is 25.0 Å². The summed E-state index contributed by atoms with van der Waals surface area (Å²) in [5, 5.41) is 3.70. The van der Waals surface area contributed by atoms with Crippen LogP contribution in [0.4, 0.5) is 5.69 Å². The maximum absolute atomic E-state index is 6.04. The van der Waals surface area contributed by atoms with E-state index < -0.39 is 0 Å². The van der Waals surface area contributed by atoms with Crippen LogP contribution in [-0.2, 0) is 4.74 Å². The van der Waals surface area contributed by atoms with Gasteiger partial charge in [-0.15, -0.1) is 0 Å². The number of nitrogens with zero attached hydrogens (tertiary/aromatic N) is 1. The van der Waals surface area contributed by atoms with E-state index in [2.05, 4.69) is 77.1 Å². The van der Waals surface area contributed by atoms with E-state index in [1.54, 1.807) is 0 Å². The Morgan fingerprint density at radius 1 is 0.926 bits per heavy atom. The van der Waals surface area contributed by atoms with Gasteiger partial charge in [-0.05, 0) is 48.4 Å². The van der Waals surface area contributed by atoms with Crippen LogP contribution in [0.15, 0.2) is 60.8 Å². The molecule has 142 valence electrons. The lowest BCUT2D eigenvalue weighted by Gasteiger charge is -2.32. The van der Waals surface area contributed by atoms with Crippen molar-refractivity contribution in [3.05, 3.63) is 71.9 Å². The van der Waals surface area contributed by atoms with Gasteiger partial charge in [-0.25, -0.2) is 0 Å². The Morgan fingerprint density at radius 3 is 2.48 bits per heavy atom. The van der Waals surface area contributed by atoms with Crippen LogP contribution < -0.4 is 5.32 Å². The molecule has 1 aliphatic heterocycles. The van der Waals surface area contributed by atoms with Crippen LogP contribution in [-0.4, -0.2) is 30.6 Å². The fourth-order valence-electron chi connectivity index (χ4n) is 4.04. The molecule has 2 aliphatic rings. The van der Waals surface area contributed by atoms with E-state index in [1.165, 1.54) is 48.9 Å². The lowest BCUT2D eigenvalue weighted by molar-refractivity contribution is -0.0135. The molecule has 1 saturated heterocycles. The molecule has 0 radical (unpaired) electrons. The van der Waals surface area contributed by atoms with Gasteiger partial charge in [-0.2, -0.15) is 0 Å². The maximum Gasteiger partial charge on any atom is 0.1000 e. The second-order valence-electron chi connectivity index (χ2n) is 7.68. The Morgan fingerprint density at radius 2 is 1.70 bits per heavy atom. The van der Waals surface area contributed by atoms with E-state index in [-0.39, 0.29) is 6.10 Å². The monoisotopic (exact) mass is 362 g/mol. The van der Waals surface area contributed by atoms with Crippen molar-refractivity contribution in [3.63, 3.8) is 0 Å². The summed E-state index contributed by atoms with van der Waals surface area (Å²) in [6, 6.07) is 20.0. The number of hydrogen-bond donors (Lipinski definition) is 1. The van der Waals surface area contributed by atoms with Crippen LogP contribution in [0.25, 0.3) is 6.08 Å². The molecule has 3 nitrogen and oxygen atoms in total. The summed E-state index contributed by atoms with van der Waals surface area (Å²) < 4.78 is 6.04. The SMILES string of the molecule is C(=CN1CCO[C@@H](c2ccc(NC3CCCCC3)cc2)C1)c1ccccc1. The molecule has 2 fully saturated rings. The first-order chi connectivity index (χ1) is 13.4. The summed E-state index contributed by atoms with van der Waals surface area (Å²) in [5.74, 6) is 0. The van der Waals surface area contributed by atoms with Gasteiger partial charge >= 0.3 is 0 Å². The Balaban J connectivity index is 1.34. The molecule has 0 aromatic heterocycles. The summed E-state index contributed by atoms with van der Waals surface area (Å²) in [6.07, 6.45) is 11.2. The molecular formula is C24H30N2O. The highest BCUT2D eigenvalue weighted by Crippen LogP contribution is 2.26. The average Bonchev–Trinajstić information content (AvgIpc) is 2.75. The van der Waals surface area contributed by atoms with E-state index >= 15 is 0 Å². The lowest BCUT2D eigenvalue weighted by atomic mass is 9.95. The van der Waals surface area contributed by atoms with Crippen LogP contribution in [0.5, 0.6) is 0 Å². The minimum Gasteiger partial charge on any atom is -0.382 e. The van der Waals surface area contributed by atoms with Crippen molar-refractivity contribution in [2.45, 2.75) is 44.2 Å². The Labute approximate surface area is 163 Å². The van der Waals surface area contributed by atoms with Gasteiger partial charge in [0.15, 0.2) is 0 Å².